The number of allylic oxidation sites excluding steroid dienone is 1. The lowest BCUT2D eigenvalue weighted by Crippen LogP contribution is -2.24. The Morgan fingerprint density at radius 1 is 1.50 bits per heavy atom. The SMILES string of the molecule is Cc1ncsc1C(=O)N/C(C=NC(C)n1nc(C(F)(F)F)cc1C1CC1)=C/N. The number of thiazole rings is 1. The van der Waals surface area contributed by atoms with Gasteiger partial charge in [0.15, 0.2) is 5.69 Å². The van der Waals surface area contributed by atoms with Gasteiger partial charge in [0.1, 0.15) is 11.0 Å². The Bertz CT molecular complexity index is 926. The van der Waals surface area contributed by atoms with E-state index in [9.17, 15) is 18.0 Å². The summed E-state index contributed by atoms with van der Waals surface area (Å²) in [4.78, 5) is 20.9. The van der Waals surface area contributed by atoms with Crippen LogP contribution in [0.4, 0.5) is 13.2 Å². The van der Waals surface area contributed by atoms with Crippen LogP contribution in [0.15, 0.2) is 28.5 Å². The zero-order valence-corrected chi connectivity index (χ0v) is 16.0. The van der Waals surface area contributed by atoms with Crippen LogP contribution in [0.1, 0.15) is 58.6 Å². The molecule has 2 aromatic heterocycles. The normalized spacial score (nSPS) is 16.5. The first-order chi connectivity index (χ1) is 13.2. The van der Waals surface area contributed by atoms with Crippen molar-refractivity contribution in [1.82, 2.24) is 20.1 Å². The van der Waals surface area contributed by atoms with Gasteiger partial charge in [0, 0.05) is 24.0 Å². The van der Waals surface area contributed by atoms with Gasteiger partial charge in [-0.15, -0.1) is 11.3 Å². The smallest absolute Gasteiger partial charge is 0.403 e. The van der Waals surface area contributed by atoms with Crippen molar-refractivity contribution in [3.8, 4) is 0 Å². The van der Waals surface area contributed by atoms with E-state index < -0.39 is 18.0 Å². The summed E-state index contributed by atoms with van der Waals surface area (Å²) in [6.45, 7) is 3.33. The molecule has 2 heterocycles. The van der Waals surface area contributed by atoms with Gasteiger partial charge >= 0.3 is 6.18 Å². The number of halogens is 3. The van der Waals surface area contributed by atoms with Gasteiger partial charge in [-0.05, 0) is 32.8 Å². The van der Waals surface area contributed by atoms with Gasteiger partial charge < -0.3 is 11.1 Å². The number of carbonyl (C=O) groups is 1. The van der Waals surface area contributed by atoms with Crippen LogP contribution in [0.5, 0.6) is 0 Å². The topological polar surface area (TPSA) is 98.2 Å². The lowest BCUT2D eigenvalue weighted by atomic mass is 10.2. The Morgan fingerprint density at radius 2 is 2.21 bits per heavy atom. The van der Waals surface area contributed by atoms with Gasteiger partial charge in [0.05, 0.1) is 16.9 Å². The van der Waals surface area contributed by atoms with E-state index in [2.05, 4.69) is 20.4 Å². The first-order valence-electron chi connectivity index (χ1n) is 8.54. The fourth-order valence-corrected chi connectivity index (χ4v) is 3.30. The van der Waals surface area contributed by atoms with Crippen molar-refractivity contribution < 1.29 is 18.0 Å². The summed E-state index contributed by atoms with van der Waals surface area (Å²) >= 11 is 1.19. The molecule has 28 heavy (non-hydrogen) atoms. The van der Waals surface area contributed by atoms with Crippen molar-refractivity contribution in [2.24, 2.45) is 10.7 Å². The fourth-order valence-electron chi connectivity index (χ4n) is 2.61. The fraction of sp³-hybridized carbons (Fsp3) is 0.412. The maximum atomic E-state index is 13.0. The van der Waals surface area contributed by atoms with Gasteiger partial charge in [-0.25, -0.2) is 9.67 Å². The van der Waals surface area contributed by atoms with Gasteiger partial charge in [-0.2, -0.15) is 18.3 Å². The zero-order valence-electron chi connectivity index (χ0n) is 15.2. The maximum Gasteiger partial charge on any atom is 0.435 e. The van der Waals surface area contributed by atoms with E-state index in [1.54, 1.807) is 19.4 Å². The number of nitrogens with one attached hydrogen (secondary N) is 1. The molecule has 3 rings (SSSR count). The molecule has 1 aliphatic rings. The second-order valence-corrected chi connectivity index (χ2v) is 7.28. The third-order valence-corrected chi connectivity index (χ3v) is 5.15. The van der Waals surface area contributed by atoms with Crippen molar-refractivity contribution in [3.63, 3.8) is 0 Å². The summed E-state index contributed by atoms with van der Waals surface area (Å²) in [6, 6.07) is 1.08. The quantitative estimate of drug-likeness (QED) is 0.711. The van der Waals surface area contributed by atoms with Crippen molar-refractivity contribution in [3.05, 3.63) is 45.4 Å². The van der Waals surface area contributed by atoms with Crippen LogP contribution in [0.3, 0.4) is 0 Å². The highest BCUT2D eigenvalue weighted by atomic mass is 32.1. The number of aryl methyl sites for hydroxylation is 1. The molecular formula is C17H19F3N6OS. The summed E-state index contributed by atoms with van der Waals surface area (Å²) in [5, 5.41) is 6.30. The average Bonchev–Trinajstić information content (AvgIpc) is 3.21. The highest BCUT2D eigenvalue weighted by Gasteiger charge is 2.38. The molecule has 3 N–H and O–H groups in total. The van der Waals surface area contributed by atoms with Gasteiger partial charge in [-0.3, -0.25) is 9.79 Å². The van der Waals surface area contributed by atoms with E-state index in [0.29, 0.717) is 16.3 Å². The van der Waals surface area contributed by atoms with Crippen LogP contribution in [0, 0.1) is 6.92 Å². The Hall–Kier alpha value is -2.69. The van der Waals surface area contributed by atoms with Crippen molar-refractivity contribution >= 4 is 23.5 Å². The van der Waals surface area contributed by atoms with E-state index in [4.69, 9.17) is 5.73 Å². The van der Waals surface area contributed by atoms with Gasteiger partial charge in [0.2, 0.25) is 0 Å². The summed E-state index contributed by atoms with van der Waals surface area (Å²) in [6.07, 6.45) is -1.07. The number of aromatic nitrogens is 3. The van der Waals surface area contributed by atoms with E-state index in [1.165, 1.54) is 22.2 Å². The van der Waals surface area contributed by atoms with E-state index >= 15 is 0 Å². The van der Waals surface area contributed by atoms with E-state index in [-0.39, 0.29) is 17.5 Å². The monoisotopic (exact) mass is 412 g/mol. The third-order valence-electron chi connectivity index (χ3n) is 4.22. The molecule has 150 valence electrons. The lowest BCUT2D eigenvalue weighted by molar-refractivity contribution is -0.141. The van der Waals surface area contributed by atoms with Crippen LogP contribution in [0.25, 0.3) is 0 Å². The number of nitrogens with zero attached hydrogens (tertiary/aromatic N) is 4. The van der Waals surface area contributed by atoms with Crippen molar-refractivity contribution in [2.75, 3.05) is 0 Å². The number of hydrogen-bond acceptors (Lipinski definition) is 6. The van der Waals surface area contributed by atoms with E-state index in [0.717, 1.165) is 25.1 Å². The summed E-state index contributed by atoms with van der Waals surface area (Å²) in [5.74, 6) is -0.312. The molecule has 11 heteroatoms. The first kappa shape index (κ1) is 20.1. The largest absolute Gasteiger partial charge is 0.435 e. The van der Waals surface area contributed by atoms with E-state index in [1.807, 2.05) is 0 Å². The highest BCUT2D eigenvalue weighted by molar-refractivity contribution is 7.11. The Kier molecular flexibility index (Phi) is 5.54. The Morgan fingerprint density at radius 3 is 2.75 bits per heavy atom. The van der Waals surface area contributed by atoms with Crippen LogP contribution < -0.4 is 11.1 Å². The number of nitrogens with two attached hydrogens (primary N) is 1. The van der Waals surface area contributed by atoms with Crippen LogP contribution >= 0.6 is 11.3 Å². The predicted molar refractivity (Wildman–Crippen MR) is 99.0 cm³/mol. The molecule has 1 aliphatic carbocycles. The number of alkyl halides is 3. The average molecular weight is 412 g/mol. The number of hydrogen-bond donors (Lipinski definition) is 2. The molecule has 1 fully saturated rings. The Balaban J connectivity index is 1.75. The summed E-state index contributed by atoms with van der Waals surface area (Å²) in [5.41, 5.74) is 7.49. The minimum absolute atomic E-state index is 0.0692. The molecular weight excluding hydrogens is 393 g/mol. The minimum atomic E-state index is -4.51. The number of rotatable bonds is 6. The number of amides is 1. The third kappa shape index (κ3) is 4.41. The molecule has 1 saturated carbocycles. The zero-order chi connectivity index (χ0) is 20.5. The van der Waals surface area contributed by atoms with Gasteiger partial charge in [-0.1, -0.05) is 0 Å². The summed E-state index contributed by atoms with van der Waals surface area (Å²) in [7, 11) is 0. The highest BCUT2D eigenvalue weighted by Crippen LogP contribution is 2.43. The number of carbonyl (C=O) groups excluding carboxylic acids is 1. The molecule has 1 atom stereocenters. The molecule has 2 aromatic rings. The molecule has 0 bridgehead atoms. The summed E-state index contributed by atoms with van der Waals surface area (Å²) < 4.78 is 40.3. The van der Waals surface area contributed by atoms with Crippen molar-refractivity contribution in [2.45, 2.75) is 44.9 Å². The first-order valence-corrected chi connectivity index (χ1v) is 9.41. The van der Waals surface area contributed by atoms with Crippen LogP contribution in [0.2, 0.25) is 0 Å². The minimum Gasteiger partial charge on any atom is -0.403 e. The van der Waals surface area contributed by atoms with Gasteiger partial charge in [0.25, 0.3) is 5.91 Å². The molecule has 0 saturated heterocycles. The second kappa shape index (κ2) is 7.74. The van der Waals surface area contributed by atoms with Crippen molar-refractivity contribution in [1.29, 1.82) is 0 Å². The predicted octanol–water partition coefficient (Wildman–Crippen LogP) is 3.36. The van der Waals surface area contributed by atoms with Crippen LogP contribution in [-0.2, 0) is 6.18 Å². The molecule has 0 radical (unpaired) electrons. The number of aliphatic imine (C=N–C) groups is 1. The Labute approximate surface area is 163 Å². The second-order valence-electron chi connectivity index (χ2n) is 6.42. The van der Waals surface area contributed by atoms with Crippen LogP contribution in [-0.4, -0.2) is 26.9 Å². The lowest BCUT2D eigenvalue weighted by Gasteiger charge is -2.12. The molecule has 1 amide bonds. The standard InChI is InChI=1S/C17H19F3N6OS/c1-9-15(28-8-23-9)16(27)24-12(6-21)7-22-10(2)26-13(11-3-4-11)5-14(25-26)17(18,19)20/h5-8,10-11H,3-4,21H2,1-2H3,(H,24,27)/b12-6+,22-7?. The molecule has 0 aliphatic heterocycles. The molecule has 0 aromatic carbocycles. The molecule has 0 spiro atoms. The molecule has 7 nitrogen and oxygen atoms in total. The maximum absolute atomic E-state index is 13.0. The molecule has 1 unspecified atom stereocenters.